The van der Waals surface area contributed by atoms with Gasteiger partial charge in [0.15, 0.2) is 4.46 Å². The fraction of sp³-hybridized carbons (Fsp3) is 0.111. The lowest BCUT2D eigenvalue weighted by molar-refractivity contribution is 0.0949. The van der Waals surface area contributed by atoms with Gasteiger partial charge < -0.3 is 5.32 Å². The van der Waals surface area contributed by atoms with E-state index < -0.39 is 4.46 Å². The van der Waals surface area contributed by atoms with Crippen molar-refractivity contribution in [2.75, 3.05) is 0 Å². The maximum Gasteiger partial charge on any atom is 0.253 e. The molecule has 4 heteroatoms. The van der Waals surface area contributed by atoms with E-state index in [9.17, 15) is 4.79 Å². The lowest BCUT2D eigenvalue weighted by Gasteiger charge is -2.14. The van der Waals surface area contributed by atoms with E-state index in [1.807, 2.05) is 6.07 Å². The number of alkyl halides is 2. The first-order chi connectivity index (χ1) is 5.99. The van der Waals surface area contributed by atoms with E-state index in [4.69, 9.17) is 23.2 Å². The van der Waals surface area contributed by atoms with Crippen molar-refractivity contribution in [3.05, 3.63) is 42.8 Å². The van der Waals surface area contributed by atoms with Gasteiger partial charge in [-0.2, -0.15) is 0 Å². The molecule has 1 aromatic rings. The first-order valence-corrected chi connectivity index (χ1v) is 4.35. The summed E-state index contributed by atoms with van der Waals surface area (Å²) in [5.74, 6) is -0.347. The van der Waals surface area contributed by atoms with Crippen LogP contribution in [0.4, 0.5) is 0 Å². The lowest BCUT2D eigenvalue weighted by Crippen LogP contribution is -2.36. The minimum Gasteiger partial charge on any atom is -0.321 e. The summed E-state index contributed by atoms with van der Waals surface area (Å²) in [5, 5.41) is 2.32. The number of carbonyl (C=O) groups excluding carboxylic acids is 1. The predicted octanol–water partition coefficient (Wildman–Crippen LogP) is 2.38. The molecule has 1 amide bonds. The standard InChI is InChI=1S/C9H8Cl2NO/c1-9(10,11)12-8(13)7-5-3-2-4-6-7/h2-6H,1H2,(H,12,13). The molecule has 0 aliphatic carbocycles. The van der Waals surface area contributed by atoms with Gasteiger partial charge >= 0.3 is 0 Å². The smallest absolute Gasteiger partial charge is 0.253 e. The van der Waals surface area contributed by atoms with Crippen LogP contribution in [0.5, 0.6) is 0 Å². The monoisotopic (exact) mass is 216 g/mol. The van der Waals surface area contributed by atoms with Crippen molar-refractivity contribution in [3.8, 4) is 0 Å². The van der Waals surface area contributed by atoms with Gasteiger partial charge in [0.05, 0.1) is 0 Å². The summed E-state index contributed by atoms with van der Waals surface area (Å²) < 4.78 is -1.48. The van der Waals surface area contributed by atoms with Crippen molar-refractivity contribution in [2.24, 2.45) is 0 Å². The highest BCUT2D eigenvalue weighted by atomic mass is 35.5. The van der Waals surface area contributed by atoms with Crippen molar-refractivity contribution in [2.45, 2.75) is 4.46 Å². The molecule has 2 nitrogen and oxygen atoms in total. The first kappa shape index (κ1) is 10.4. The Hall–Kier alpha value is -0.730. The average molecular weight is 217 g/mol. The van der Waals surface area contributed by atoms with Crippen LogP contribution in [0.1, 0.15) is 10.4 Å². The summed E-state index contributed by atoms with van der Waals surface area (Å²) in [7, 11) is 0. The summed E-state index contributed by atoms with van der Waals surface area (Å²) >= 11 is 11.0. The van der Waals surface area contributed by atoms with E-state index in [1.54, 1.807) is 24.3 Å². The van der Waals surface area contributed by atoms with Crippen LogP contribution in [0, 0.1) is 6.92 Å². The van der Waals surface area contributed by atoms with Crippen LogP contribution in [0.3, 0.4) is 0 Å². The Morgan fingerprint density at radius 2 is 1.85 bits per heavy atom. The summed E-state index contributed by atoms with van der Waals surface area (Å²) in [6.07, 6.45) is 0. The molecule has 0 bridgehead atoms. The Kier molecular flexibility index (Phi) is 3.17. The number of nitrogens with one attached hydrogen (secondary N) is 1. The van der Waals surface area contributed by atoms with E-state index in [-0.39, 0.29) is 5.91 Å². The Bertz CT molecular complexity index is 292. The molecule has 0 fully saturated rings. The molecule has 0 spiro atoms. The van der Waals surface area contributed by atoms with E-state index in [1.165, 1.54) is 0 Å². The van der Waals surface area contributed by atoms with E-state index in [0.29, 0.717) is 5.56 Å². The van der Waals surface area contributed by atoms with Crippen molar-refractivity contribution in [3.63, 3.8) is 0 Å². The number of benzene rings is 1. The fourth-order valence-corrected chi connectivity index (χ4v) is 0.999. The zero-order valence-electron chi connectivity index (χ0n) is 6.76. The molecule has 13 heavy (non-hydrogen) atoms. The van der Waals surface area contributed by atoms with Crippen LogP contribution >= 0.6 is 23.2 Å². The van der Waals surface area contributed by atoms with E-state index in [0.717, 1.165) is 0 Å². The third-order valence-electron chi connectivity index (χ3n) is 1.33. The molecule has 0 atom stereocenters. The number of halogens is 2. The van der Waals surface area contributed by atoms with Gasteiger partial charge in [0, 0.05) is 12.5 Å². The fourth-order valence-electron chi connectivity index (χ4n) is 0.828. The van der Waals surface area contributed by atoms with Crippen LogP contribution < -0.4 is 5.32 Å². The summed E-state index contributed by atoms with van der Waals surface area (Å²) in [4.78, 5) is 11.3. The second kappa shape index (κ2) is 3.99. The summed E-state index contributed by atoms with van der Waals surface area (Å²) in [5.41, 5.74) is 0.497. The van der Waals surface area contributed by atoms with Crippen molar-refractivity contribution in [1.29, 1.82) is 0 Å². The minimum atomic E-state index is -1.48. The first-order valence-electron chi connectivity index (χ1n) is 3.60. The average Bonchev–Trinajstić information content (AvgIpc) is 2.03. The maximum absolute atomic E-state index is 11.3. The molecule has 1 N–H and O–H groups in total. The second-order valence-corrected chi connectivity index (χ2v) is 4.01. The molecular formula is C9H8Cl2NO. The van der Waals surface area contributed by atoms with Gasteiger partial charge in [0.1, 0.15) is 0 Å². The van der Waals surface area contributed by atoms with Gasteiger partial charge in [-0.1, -0.05) is 41.4 Å². The maximum atomic E-state index is 11.3. The molecule has 0 aliphatic heterocycles. The normalized spacial score (nSPS) is 11.0. The third-order valence-corrected chi connectivity index (χ3v) is 1.52. The van der Waals surface area contributed by atoms with Gasteiger partial charge in [-0.15, -0.1) is 0 Å². The molecular weight excluding hydrogens is 209 g/mol. The van der Waals surface area contributed by atoms with Crippen LogP contribution in [0.15, 0.2) is 30.3 Å². The van der Waals surface area contributed by atoms with Crippen LogP contribution in [0.2, 0.25) is 0 Å². The van der Waals surface area contributed by atoms with E-state index in [2.05, 4.69) is 12.2 Å². The Balaban J connectivity index is 2.71. The molecule has 1 rings (SSSR count). The predicted molar refractivity (Wildman–Crippen MR) is 53.7 cm³/mol. The highest BCUT2D eigenvalue weighted by Gasteiger charge is 2.19. The molecule has 1 aromatic carbocycles. The van der Waals surface area contributed by atoms with E-state index >= 15 is 0 Å². The number of hydrogen-bond acceptors (Lipinski definition) is 1. The quantitative estimate of drug-likeness (QED) is 0.598. The van der Waals surface area contributed by atoms with Crippen molar-refractivity contribution in [1.82, 2.24) is 5.32 Å². The number of amides is 1. The van der Waals surface area contributed by atoms with Crippen LogP contribution in [0.25, 0.3) is 0 Å². The van der Waals surface area contributed by atoms with Gasteiger partial charge in [-0.05, 0) is 12.1 Å². The Morgan fingerprint density at radius 1 is 1.31 bits per heavy atom. The number of carbonyl (C=O) groups is 1. The van der Waals surface area contributed by atoms with Gasteiger partial charge in [0.25, 0.3) is 5.91 Å². The second-order valence-electron chi connectivity index (χ2n) is 2.52. The van der Waals surface area contributed by atoms with Gasteiger partial charge in [0.2, 0.25) is 0 Å². The SMILES string of the molecule is [CH2]C(Cl)(Cl)NC(=O)c1ccccc1. The zero-order valence-corrected chi connectivity index (χ0v) is 8.27. The lowest BCUT2D eigenvalue weighted by atomic mass is 10.2. The largest absolute Gasteiger partial charge is 0.321 e. The molecule has 1 radical (unpaired) electrons. The topological polar surface area (TPSA) is 29.1 Å². The summed E-state index contributed by atoms with van der Waals surface area (Å²) in [6.45, 7) is 3.33. The van der Waals surface area contributed by atoms with Crippen LogP contribution in [-0.4, -0.2) is 10.4 Å². The molecule has 0 unspecified atom stereocenters. The highest BCUT2D eigenvalue weighted by molar-refractivity contribution is 6.49. The molecule has 0 saturated heterocycles. The molecule has 0 aliphatic rings. The minimum absolute atomic E-state index is 0.347. The summed E-state index contributed by atoms with van der Waals surface area (Å²) in [6, 6.07) is 8.64. The molecule has 69 valence electrons. The highest BCUT2D eigenvalue weighted by Crippen LogP contribution is 2.15. The number of rotatable bonds is 2. The molecule has 0 aromatic heterocycles. The van der Waals surface area contributed by atoms with Gasteiger partial charge in [-0.3, -0.25) is 4.79 Å². The molecule has 0 saturated carbocycles. The Morgan fingerprint density at radius 3 is 2.31 bits per heavy atom. The van der Waals surface area contributed by atoms with Crippen molar-refractivity contribution >= 4 is 29.1 Å². The van der Waals surface area contributed by atoms with Crippen LogP contribution in [-0.2, 0) is 0 Å². The zero-order chi connectivity index (χ0) is 9.90. The molecule has 0 heterocycles. The van der Waals surface area contributed by atoms with Crippen molar-refractivity contribution < 1.29 is 4.79 Å². The number of hydrogen-bond donors (Lipinski definition) is 1. The van der Waals surface area contributed by atoms with Gasteiger partial charge in [-0.25, -0.2) is 0 Å². The third kappa shape index (κ3) is 3.66. The Labute approximate surface area is 86.8 Å².